The van der Waals surface area contributed by atoms with Gasteiger partial charge in [0.2, 0.25) is 0 Å². The van der Waals surface area contributed by atoms with E-state index in [4.69, 9.17) is 11.6 Å². The maximum Gasteiger partial charge on any atom is 0.416 e. The number of hydrogen-bond acceptors (Lipinski definition) is 4. The van der Waals surface area contributed by atoms with E-state index in [-0.39, 0.29) is 54.6 Å². The number of likely N-dealkylation sites (N-methyl/N-ethyl adjacent to an activating group) is 1. The van der Waals surface area contributed by atoms with Gasteiger partial charge in [-0.25, -0.2) is 10.4 Å². The zero-order chi connectivity index (χ0) is 24.0. The number of alkyl halides is 3. The number of nitrogens with zero attached hydrogens (tertiary/aromatic N) is 2. The van der Waals surface area contributed by atoms with Gasteiger partial charge in [0.05, 0.1) is 11.6 Å². The molecule has 0 spiro atoms. The molecule has 0 saturated carbocycles. The van der Waals surface area contributed by atoms with Crippen molar-refractivity contribution in [3.63, 3.8) is 0 Å². The summed E-state index contributed by atoms with van der Waals surface area (Å²) in [5, 5.41) is 3.19. The van der Waals surface area contributed by atoms with Gasteiger partial charge in [0, 0.05) is 53.4 Å². The third-order valence-corrected chi connectivity index (χ3v) is 7.19. The fourth-order valence-electron chi connectivity index (χ4n) is 5.06. The van der Waals surface area contributed by atoms with Crippen LogP contribution in [0.25, 0.3) is 10.9 Å². The lowest BCUT2D eigenvalue weighted by atomic mass is 9.79. The van der Waals surface area contributed by atoms with Gasteiger partial charge in [0.25, 0.3) is 0 Å². The summed E-state index contributed by atoms with van der Waals surface area (Å²) in [5.41, 5.74) is 5.91. The van der Waals surface area contributed by atoms with Crippen molar-refractivity contribution in [1.82, 2.24) is 20.3 Å². The van der Waals surface area contributed by atoms with Crippen molar-refractivity contribution in [1.29, 1.82) is 0 Å². The largest absolute Gasteiger partial charge is 0.416 e. The minimum absolute atomic E-state index is 0. The van der Waals surface area contributed by atoms with Crippen LogP contribution in [0.3, 0.4) is 0 Å². The van der Waals surface area contributed by atoms with E-state index in [0.29, 0.717) is 34.3 Å². The second-order valence-electron chi connectivity index (χ2n) is 9.26. The highest BCUT2D eigenvalue weighted by Crippen LogP contribution is 2.39. The van der Waals surface area contributed by atoms with E-state index in [1.807, 2.05) is 0 Å². The van der Waals surface area contributed by atoms with Crippen molar-refractivity contribution in [2.45, 2.75) is 31.0 Å². The molecule has 2 unspecified atom stereocenters. The molecule has 2 atom stereocenters. The molecule has 2 N–H and O–H groups in total. The highest BCUT2D eigenvalue weighted by Gasteiger charge is 2.34. The van der Waals surface area contributed by atoms with Gasteiger partial charge in [-0.05, 0) is 61.7 Å². The highest BCUT2D eigenvalue weighted by molar-refractivity contribution is 6.31. The lowest BCUT2D eigenvalue weighted by molar-refractivity contribution is -0.137. The summed E-state index contributed by atoms with van der Waals surface area (Å²) in [6.07, 6.45) is -3.20. The Morgan fingerprint density at radius 2 is 1.65 bits per heavy atom. The molecule has 0 radical (unpaired) electrons. The van der Waals surface area contributed by atoms with Crippen molar-refractivity contribution in [3.05, 3.63) is 80.1 Å². The van der Waals surface area contributed by atoms with Crippen molar-refractivity contribution < 1.29 is 13.2 Å². The van der Waals surface area contributed by atoms with Gasteiger partial charge in [0.1, 0.15) is 0 Å². The van der Waals surface area contributed by atoms with E-state index < -0.39 is 11.7 Å². The molecule has 1 aromatic heterocycles. The number of aromatic nitrogens is 1. The van der Waals surface area contributed by atoms with Gasteiger partial charge < -0.3 is 9.88 Å². The van der Waals surface area contributed by atoms with Gasteiger partial charge >= 0.3 is 6.18 Å². The molecule has 12 heteroatoms. The lowest BCUT2D eigenvalue weighted by Crippen LogP contribution is -2.52. The molecule has 1 fully saturated rings. The highest BCUT2D eigenvalue weighted by atomic mass is 35.5. The summed E-state index contributed by atoms with van der Waals surface area (Å²) < 4.78 is 39.2. The maximum absolute atomic E-state index is 13.6. The molecule has 5 rings (SSSR count). The van der Waals surface area contributed by atoms with Crippen LogP contribution in [0.2, 0.25) is 5.02 Å². The number of hydrazine groups is 1. The van der Waals surface area contributed by atoms with Crippen molar-refractivity contribution in [3.8, 4) is 0 Å². The van der Waals surface area contributed by atoms with Crippen molar-refractivity contribution >= 4 is 59.7 Å². The minimum Gasteiger partial charge on any atom is -0.358 e. The number of aromatic amines is 1. The number of nitrogens with one attached hydrogen (secondary N) is 2. The maximum atomic E-state index is 13.6. The average molecular weight is 600 g/mol. The van der Waals surface area contributed by atoms with Crippen LogP contribution in [0.1, 0.15) is 40.8 Å². The van der Waals surface area contributed by atoms with Gasteiger partial charge in [-0.2, -0.15) is 13.2 Å². The minimum atomic E-state index is -4.37. The Balaban J connectivity index is 0.00000160. The molecule has 1 aliphatic heterocycles. The molecule has 204 valence electrons. The Labute approximate surface area is 236 Å². The summed E-state index contributed by atoms with van der Waals surface area (Å²) in [4.78, 5) is 19.2. The van der Waals surface area contributed by atoms with Crippen LogP contribution in [0.5, 0.6) is 0 Å². The summed E-state index contributed by atoms with van der Waals surface area (Å²) in [6.45, 7) is 3.48. The van der Waals surface area contributed by atoms with Crippen LogP contribution in [0, 0.1) is 0 Å². The van der Waals surface area contributed by atoms with Crippen LogP contribution < -0.4 is 10.9 Å². The summed E-state index contributed by atoms with van der Waals surface area (Å²) in [6, 6.07) is 10.4. The molecule has 1 aliphatic carbocycles. The predicted octanol–water partition coefficient (Wildman–Crippen LogP) is 5.99. The first kappa shape index (κ1) is 31.7. The topological polar surface area (TPSA) is 51.4 Å². The smallest absolute Gasteiger partial charge is 0.358 e. The standard InChI is InChI=1S/C25H26ClF3N4O.3ClH/c1-32-8-10-33(11-9-32)31-22-13-16(15-2-4-17(5-3-15)25(27,28)29)12-21-23(22)24(34)19-14-18(26)6-7-20(19)30-21;;;/h2-7,14,16,22,31H,8-13H2,1H3,(H,30,34);3*1H. The fourth-order valence-corrected chi connectivity index (χ4v) is 5.23. The quantitative estimate of drug-likeness (QED) is 0.388. The van der Waals surface area contributed by atoms with Crippen LogP contribution >= 0.6 is 48.8 Å². The van der Waals surface area contributed by atoms with E-state index in [2.05, 4.69) is 27.4 Å². The number of rotatable bonds is 3. The van der Waals surface area contributed by atoms with Gasteiger partial charge in [-0.15, -0.1) is 37.2 Å². The molecule has 2 aliphatic rings. The molecule has 2 heterocycles. The van der Waals surface area contributed by atoms with Crippen LogP contribution in [0.15, 0.2) is 47.3 Å². The molecular formula is C25H29Cl4F3N4O. The molecule has 5 nitrogen and oxygen atoms in total. The fraction of sp³-hybridized carbons (Fsp3) is 0.400. The Kier molecular flexibility index (Phi) is 10.8. The lowest BCUT2D eigenvalue weighted by Gasteiger charge is -2.39. The monoisotopic (exact) mass is 598 g/mol. The SMILES string of the molecule is CN1CCN(NC2CC(c3ccc(C(F)(F)F)cc3)Cc3[nH]c4ccc(Cl)cc4c(=O)c32)CC1.Cl.Cl.Cl. The summed E-state index contributed by atoms with van der Waals surface area (Å²) >= 11 is 6.17. The molecular weight excluding hydrogens is 571 g/mol. The zero-order valence-electron chi connectivity index (χ0n) is 20.0. The first-order chi connectivity index (χ1) is 16.2. The van der Waals surface area contributed by atoms with E-state index in [1.54, 1.807) is 30.3 Å². The average Bonchev–Trinajstić information content (AvgIpc) is 2.80. The number of H-pyrrole nitrogens is 1. The number of fused-ring (bicyclic) bond motifs is 2. The first-order valence-electron chi connectivity index (χ1n) is 11.4. The third kappa shape index (κ3) is 6.74. The van der Waals surface area contributed by atoms with Crippen LogP contribution in [-0.4, -0.2) is 48.1 Å². The van der Waals surface area contributed by atoms with Crippen LogP contribution in [-0.2, 0) is 12.6 Å². The molecule has 0 bridgehead atoms. The normalized spacial score (nSPS) is 20.4. The molecule has 0 amide bonds. The molecule has 37 heavy (non-hydrogen) atoms. The van der Waals surface area contributed by atoms with E-state index >= 15 is 0 Å². The first-order valence-corrected chi connectivity index (χ1v) is 11.8. The number of hydrogen-bond donors (Lipinski definition) is 2. The predicted molar refractivity (Wildman–Crippen MR) is 149 cm³/mol. The molecule has 1 saturated heterocycles. The summed E-state index contributed by atoms with van der Waals surface area (Å²) in [5.74, 6) is -0.0276. The second-order valence-corrected chi connectivity index (χ2v) is 9.70. The number of pyridine rings is 1. The molecule has 2 aromatic carbocycles. The van der Waals surface area contributed by atoms with Crippen molar-refractivity contribution in [2.75, 3.05) is 33.2 Å². The number of benzene rings is 2. The van der Waals surface area contributed by atoms with Gasteiger partial charge in [0.15, 0.2) is 5.43 Å². The van der Waals surface area contributed by atoms with Gasteiger partial charge in [-0.1, -0.05) is 23.7 Å². The molecule has 3 aromatic rings. The Morgan fingerprint density at radius 3 is 2.27 bits per heavy atom. The Morgan fingerprint density at radius 1 is 1.00 bits per heavy atom. The second kappa shape index (κ2) is 12.6. The number of halogens is 7. The third-order valence-electron chi connectivity index (χ3n) is 6.95. The zero-order valence-corrected chi connectivity index (χ0v) is 23.2. The van der Waals surface area contributed by atoms with Crippen molar-refractivity contribution in [2.24, 2.45) is 0 Å². The number of piperazine rings is 1. The van der Waals surface area contributed by atoms with E-state index in [0.717, 1.165) is 49.6 Å². The Hall–Kier alpha value is -1.52. The Bertz CT molecular complexity index is 1260. The van der Waals surface area contributed by atoms with Crippen LogP contribution in [0.4, 0.5) is 13.2 Å². The summed E-state index contributed by atoms with van der Waals surface area (Å²) in [7, 11) is 2.08. The van der Waals surface area contributed by atoms with E-state index in [9.17, 15) is 18.0 Å². The van der Waals surface area contributed by atoms with E-state index in [1.165, 1.54) is 0 Å². The van der Waals surface area contributed by atoms with Gasteiger partial charge in [-0.3, -0.25) is 4.79 Å².